The van der Waals surface area contributed by atoms with Crippen molar-refractivity contribution < 1.29 is 4.74 Å². The standard InChI is InChI=1S/C28H30N10O/c1-18(30)11-24(31)21-12-22(27-23(13-29)28(32)35-38(27)17-21)20-4-5-25(33-15-20)37-9-7-36(8-10-37)16-19-3-6-26(39-2)34-14-19/h3-6,11-12,14-15,17,31H,7-10,16,30H2,1-2H3,(H2,32,35). The molecule has 0 spiro atoms. The van der Waals surface area contributed by atoms with E-state index in [1.807, 2.05) is 36.5 Å². The Kier molecular flexibility index (Phi) is 7.12. The molecule has 0 atom stereocenters. The van der Waals surface area contributed by atoms with Crippen LogP contribution in [0.5, 0.6) is 5.88 Å². The molecule has 0 aromatic carbocycles. The SMILES string of the molecule is COc1ccc(CN2CCN(c3ccc(-c4cc(C(=N)C=C(C)N)cn5nc(N)c(C#N)c45)cn3)CC2)cn1. The van der Waals surface area contributed by atoms with E-state index in [1.165, 1.54) is 0 Å². The highest BCUT2D eigenvalue weighted by molar-refractivity contribution is 6.08. The van der Waals surface area contributed by atoms with Crippen molar-refractivity contribution in [3.8, 4) is 23.1 Å². The Morgan fingerprint density at radius 2 is 1.95 bits per heavy atom. The van der Waals surface area contributed by atoms with Crippen molar-refractivity contribution in [2.45, 2.75) is 13.5 Å². The van der Waals surface area contributed by atoms with Crippen LogP contribution in [-0.2, 0) is 6.54 Å². The minimum absolute atomic E-state index is 0.140. The van der Waals surface area contributed by atoms with E-state index in [1.54, 1.807) is 37.0 Å². The molecule has 1 aliphatic rings. The molecule has 1 fully saturated rings. The largest absolute Gasteiger partial charge is 0.481 e. The predicted molar refractivity (Wildman–Crippen MR) is 151 cm³/mol. The Hall–Kier alpha value is -4.95. The summed E-state index contributed by atoms with van der Waals surface area (Å²) in [5.41, 5.74) is 16.7. The van der Waals surface area contributed by atoms with E-state index < -0.39 is 0 Å². The highest BCUT2D eigenvalue weighted by atomic mass is 16.5. The third-order valence-corrected chi connectivity index (χ3v) is 6.72. The van der Waals surface area contributed by atoms with E-state index in [2.05, 4.69) is 26.0 Å². The number of nitrogens with one attached hydrogen (secondary N) is 1. The summed E-state index contributed by atoms with van der Waals surface area (Å²) in [6.45, 7) is 6.11. The molecule has 198 valence electrons. The molecule has 4 aromatic heterocycles. The number of allylic oxidation sites excluding steroid dienone is 2. The molecule has 0 saturated carbocycles. The Balaban J connectivity index is 1.36. The molecule has 1 aliphatic heterocycles. The number of nitrogens with zero attached hydrogens (tertiary/aromatic N) is 7. The van der Waals surface area contributed by atoms with Crippen molar-refractivity contribution in [2.24, 2.45) is 5.73 Å². The topological polar surface area (TPSA) is 158 Å². The normalized spacial score (nSPS) is 14.4. The lowest BCUT2D eigenvalue weighted by Gasteiger charge is -2.35. The first-order valence-electron chi connectivity index (χ1n) is 12.5. The Labute approximate surface area is 226 Å². The van der Waals surface area contributed by atoms with E-state index in [0.717, 1.165) is 55.2 Å². The van der Waals surface area contributed by atoms with E-state index in [4.69, 9.17) is 26.6 Å². The Morgan fingerprint density at radius 3 is 2.56 bits per heavy atom. The van der Waals surface area contributed by atoms with Crippen LogP contribution in [0.25, 0.3) is 16.6 Å². The van der Waals surface area contributed by atoms with Crippen LogP contribution in [0.1, 0.15) is 23.6 Å². The molecule has 0 amide bonds. The maximum absolute atomic E-state index is 9.74. The van der Waals surface area contributed by atoms with Gasteiger partial charge in [-0.1, -0.05) is 6.07 Å². The zero-order valence-electron chi connectivity index (χ0n) is 21.9. The molecule has 5 N–H and O–H groups in total. The maximum Gasteiger partial charge on any atom is 0.212 e. The van der Waals surface area contributed by atoms with Crippen molar-refractivity contribution in [3.05, 3.63) is 77.4 Å². The van der Waals surface area contributed by atoms with Crippen LogP contribution in [0.4, 0.5) is 11.6 Å². The highest BCUT2D eigenvalue weighted by Gasteiger charge is 2.20. The van der Waals surface area contributed by atoms with Gasteiger partial charge in [-0.15, -0.1) is 5.10 Å². The number of nitrogens with two attached hydrogens (primary N) is 2. The average molecular weight is 523 g/mol. The summed E-state index contributed by atoms with van der Waals surface area (Å²) in [4.78, 5) is 13.7. The first kappa shape index (κ1) is 25.7. The molecular formula is C28H30N10O. The molecule has 1 saturated heterocycles. The number of anilines is 2. The number of ether oxygens (including phenoxy) is 1. The van der Waals surface area contributed by atoms with Gasteiger partial charge in [0.15, 0.2) is 5.82 Å². The minimum atomic E-state index is 0.140. The van der Waals surface area contributed by atoms with Crippen molar-refractivity contribution in [3.63, 3.8) is 0 Å². The van der Waals surface area contributed by atoms with E-state index >= 15 is 0 Å². The van der Waals surface area contributed by atoms with E-state index in [9.17, 15) is 5.26 Å². The number of rotatable bonds is 7. The van der Waals surface area contributed by atoms with Crippen molar-refractivity contribution in [1.29, 1.82) is 10.7 Å². The Bertz CT molecular complexity index is 1570. The Morgan fingerprint density at radius 1 is 1.15 bits per heavy atom. The number of fused-ring (bicyclic) bond motifs is 1. The van der Waals surface area contributed by atoms with Crippen LogP contribution >= 0.6 is 0 Å². The minimum Gasteiger partial charge on any atom is -0.481 e. The zero-order valence-corrected chi connectivity index (χ0v) is 21.9. The highest BCUT2D eigenvalue weighted by Crippen LogP contribution is 2.31. The van der Waals surface area contributed by atoms with E-state index in [0.29, 0.717) is 28.2 Å². The van der Waals surface area contributed by atoms with Crippen LogP contribution in [0, 0.1) is 16.7 Å². The third kappa shape index (κ3) is 5.37. The lowest BCUT2D eigenvalue weighted by Crippen LogP contribution is -2.46. The second-order valence-electron chi connectivity index (χ2n) is 9.49. The fraction of sp³-hybridized carbons (Fsp3) is 0.250. The molecule has 0 bridgehead atoms. The van der Waals surface area contributed by atoms with Crippen LogP contribution in [-0.4, -0.2) is 63.5 Å². The van der Waals surface area contributed by atoms with Gasteiger partial charge in [0.2, 0.25) is 5.88 Å². The van der Waals surface area contributed by atoms with Gasteiger partial charge in [0.1, 0.15) is 17.5 Å². The number of nitriles is 1. The number of hydrogen-bond donors (Lipinski definition) is 3. The average Bonchev–Trinajstić information content (AvgIpc) is 3.28. The molecule has 5 rings (SSSR count). The number of pyridine rings is 3. The molecule has 11 heteroatoms. The van der Waals surface area contributed by atoms with Gasteiger partial charge in [0, 0.05) is 79.8 Å². The predicted octanol–water partition coefficient (Wildman–Crippen LogP) is 2.81. The molecule has 5 heterocycles. The molecule has 11 nitrogen and oxygen atoms in total. The summed E-state index contributed by atoms with van der Waals surface area (Å²) in [5, 5.41) is 22.5. The summed E-state index contributed by atoms with van der Waals surface area (Å²) in [5.74, 6) is 1.65. The fourth-order valence-corrected chi connectivity index (χ4v) is 4.74. The van der Waals surface area contributed by atoms with Crippen molar-refractivity contribution in [2.75, 3.05) is 43.9 Å². The smallest absolute Gasteiger partial charge is 0.212 e. The number of nitrogen functional groups attached to an aromatic ring is 1. The van der Waals surface area contributed by atoms with Crippen LogP contribution in [0.2, 0.25) is 0 Å². The monoisotopic (exact) mass is 522 g/mol. The molecule has 0 aliphatic carbocycles. The molecule has 0 radical (unpaired) electrons. The third-order valence-electron chi connectivity index (χ3n) is 6.72. The van der Waals surface area contributed by atoms with Gasteiger partial charge in [0.25, 0.3) is 0 Å². The number of aromatic nitrogens is 4. The number of methoxy groups -OCH3 is 1. The van der Waals surface area contributed by atoms with Gasteiger partial charge in [-0.2, -0.15) is 5.26 Å². The van der Waals surface area contributed by atoms with Crippen molar-refractivity contribution in [1.82, 2.24) is 24.5 Å². The van der Waals surface area contributed by atoms with E-state index in [-0.39, 0.29) is 11.5 Å². The molecule has 39 heavy (non-hydrogen) atoms. The molecular weight excluding hydrogens is 492 g/mol. The summed E-state index contributed by atoms with van der Waals surface area (Å²) < 4.78 is 6.70. The van der Waals surface area contributed by atoms with Gasteiger partial charge >= 0.3 is 0 Å². The van der Waals surface area contributed by atoms with Crippen LogP contribution < -0.4 is 21.1 Å². The van der Waals surface area contributed by atoms with Gasteiger partial charge in [-0.25, -0.2) is 14.5 Å². The van der Waals surface area contributed by atoms with Crippen LogP contribution in [0.3, 0.4) is 0 Å². The summed E-state index contributed by atoms with van der Waals surface area (Å²) in [6.07, 6.45) is 6.91. The van der Waals surface area contributed by atoms with Gasteiger partial charge in [-0.3, -0.25) is 4.90 Å². The first-order chi connectivity index (χ1) is 18.9. The summed E-state index contributed by atoms with van der Waals surface area (Å²) in [7, 11) is 1.62. The lowest BCUT2D eigenvalue weighted by molar-refractivity contribution is 0.249. The second kappa shape index (κ2) is 10.8. The zero-order chi connectivity index (χ0) is 27.5. The van der Waals surface area contributed by atoms with Gasteiger partial charge in [0.05, 0.1) is 18.3 Å². The maximum atomic E-state index is 9.74. The van der Waals surface area contributed by atoms with Crippen molar-refractivity contribution >= 4 is 22.9 Å². The number of hydrogen-bond acceptors (Lipinski definition) is 10. The van der Waals surface area contributed by atoms with Gasteiger partial charge in [-0.05, 0) is 36.8 Å². The van der Waals surface area contributed by atoms with Crippen LogP contribution in [0.15, 0.2) is 60.7 Å². The lowest BCUT2D eigenvalue weighted by atomic mass is 10.0. The first-order valence-corrected chi connectivity index (χ1v) is 12.5. The fourth-order valence-electron chi connectivity index (χ4n) is 4.74. The summed E-state index contributed by atoms with van der Waals surface area (Å²) in [6, 6.07) is 11.9. The molecule has 4 aromatic rings. The molecule has 0 unspecified atom stereocenters. The quantitative estimate of drug-likeness (QED) is 0.310. The number of piperazine rings is 1. The summed E-state index contributed by atoms with van der Waals surface area (Å²) >= 11 is 0. The second-order valence-corrected chi connectivity index (χ2v) is 9.49. The van der Waals surface area contributed by atoms with Gasteiger partial charge < -0.3 is 26.5 Å².